The molecule has 5 rings (SSSR count). The summed E-state index contributed by atoms with van der Waals surface area (Å²) in [5, 5.41) is 0. The molecule has 0 aliphatic carbocycles. The average molecular weight is 455 g/mol. The van der Waals surface area contributed by atoms with Crippen LogP contribution >= 0.6 is 0 Å². The van der Waals surface area contributed by atoms with E-state index in [-0.39, 0.29) is 17.3 Å². The molecule has 2 aromatic carbocycles. The Morgan fingerprint density at radius 2 is 1.56 bits per heavy atom. The molecule has 0 amide bonds. The maximum Gasteiger partial charge on any atom is 0.243 e. The lowest BCUT2D eigenvalue weighted by Crippen LogP contribution is -2.39. The highest BCUT2D eigenvalue weighted by Gasteiger charge is 2.30. The Bertz CT molecular complexity index is 1210. The maximum absolute atomic E-state index is 13.3. The van der Waals surface area contributed by atoms with Gasteiger partial charge < -0.3 is 9.64 Å². The Kier molecular flexibility index (Phi) is 5.62. The maximum atomic E-state index is 13.3. The van der Waals surface area contributed by atoms with E-state index in [1.807, 2.05) is 6.20 Å². The van der Waals surface area contributed by atoms with Crippen LogP contribution in [0.4, 0.5) is 10.3 Å². The summed E-state index contributed by atoms with van der Waals surface area (Å²) >= 11 is 0. The van der Waals surface area contributed by atoms with Gasteiger partial charge in [-0.25, -0.2) is 22.8 Å². The Morgan fingerprint density at radius 3 is 2.25 bits per heavy atom. The minimum absolute atomic E-state index is 0.219. The fourth-order valence-electron chi connectivity index (χ4n) is 4.00. The van der Waals surface area contributed by atoms with Gasteiger partial charge in [-0.05, 0) is 47.4 Å². The molecule has 0 N–H and O–H groups in total. The molecule has 0 spiro atoms. The lowest BCUT2D eigenvalue weighted by molar-refractivity contribution is 0.122. The first-order valence-electron chi connectivity index (χ1n) is 10.5. The Labute approximate surface area is 186 Å². The molecule has 9 heteroatoms. The highest BCUT2D eigenvalue weighted by Crippen LogP contribution is 2.27. The van der Waals surface area contributed by atoms with Crippen molar-refractivity contribution in [2.75, 3.05) is 37.7 Å². The molecule has 0 saturated carbocycles. The molecule has 2 aliphatic heterocycles. The predicted molar refractivity (Wildman–Crippen MR) is 118 cm³/mol. The van der Waals surface area contributed by atoms with Crippen molar-refractivity contribution < 1.29 is 17.5 Å². The van der Waals surface area contributed by atoms with Crippen LogP contribution in [0.15, 0.2) is 59.6 Å². The third kappa shape index (κ3) is 4.11. The molecule has 1 fully saturated rings. The highest BCUT2D eigenvalue weighted by molar-refractivity contribution is 7.89. The Hall–Kier alpha value is -2.88. The standard InChI is InChI=1S/C23H23FN4O3S/c24-20-5-1-17(2-6-20)18-3-7-21(8-4-18)32(29,30)28-10-9-19-15-25-23(26-22(19)16-28)27-11-13-31-14-12-27/h1-8,15H,9-14,16H2. The molecule has 0 atom stereocenters. The number of aromatic nitrogens is 2. The minimum atomic E-state index is -3.67. The molecule has 1 aromatic heterocycles. The third-order valence-corrected chi connectivity index (χ3v) is 7.72. The molecule has 0 unspecified atom stereocenters. The first kappa shape index (κ1) is 21.0. The van der Waals surface area contributed by atoms with Gasteiger partial charge >= 0.3 is 0 Å². The van der Waals surface area contributed by atoms with Crippen LogP contribution in [0.25, 0.3) is 11.1 Å². The molecular weight excluding hydrogens is 431 g/mol. The SMILES string of the molecule is O=S(=O)(c1ccc(-c2ccc(F)cc2)cc1)N1CCc2cnc(N3CCOCC3)nc2C1. The molecule has 7 nitrogen and oxygen atoms in total. The van der Waals surface area contributed by atoms with E-state index in [0.29, 0.717) is 32.1 Å². The van der Waals surface area contributed by atoms with E-state index in [1.54, 1.807) is 36.4 Å². The normalized spacial score (nSPS) is 17.2. The van der Waals surface area contributed by atoms with Crippen LogP contribution in [0.1, 0.15) is 11.3 Å². The fourth-order valence-corrected chi connectivity index (χ4v) is 5.40. The van der Waals surface area contributed by atoms with Gasteiger partial charge in [-0.1, -0.05) is 24.3 Å². The molecule has 0 bridgehead atoms. The van der Waals surface area contributed by atoms with E-state index in [1.165, 1.54) is 16.4 Å². The molecular formula is C23H23FN4O3S. The van der Waals surface area contributed by atoms with Gasteiger partial charge in [0.1, 0.15) is 5.82 Å². The molecule has 3 aromatic rings. The number of rotatable bonds is 4. The number of hydrogen-bond donors (Lipinski definition) is 0. The van der Waals surface area contributed by atoms with Crippen molar-refractivity contribution in [1.82, 2.24) is 14.3 Å². The van der Waals surface area contributed by atoms with Gasteiger partial charge in [-0.2, -0.15) is 4.31 Å². The smallest absolute Gasteiger partial charge is 0.243 e. The lowest BCUT2D eigenvalue weighted by atomic mass is 10.1. The second kappa shape index (κ2) is 8.57. The van der Waals surface area contributed by atoms with E-state index in [9.17, 15) is 12.8 Å². The van der Waals surface area contributed by atoms with E-state index in [2.05, 4.69) is 14.9 Å². The van der Waals surface area contributed by atoms with Crippen molar-refractivity contribution in [2.24, 2.45) is 0 Å². The number of ether oxygens (including phenoxy) is 1. The van der Waals surface area contributed by atoms with Gasteiger partial charge in [0.05, 0.1) is 30.3 Å². The number of anilines is 1. The van der Waals surface area contributed by atoms with E-state index >= 15 is 0 Å². The van der Waals surface area contributed by atoms with Crippen molar-refractivity contribution >= 4 is 16.0 Å². The summed E-state index contributed by atoms with van der Waals surface area (Å²) in [5.74, 6) is 0.314. The second-order valence-electron chi connectivity index (χ2n) is 7.86. The number of hydrogen-bond acceptors (Lipinski definition) is 6. The van der Waals surface area contributed by atoms with Crippen LogP contribution in [0.5, 0.6) is 0 Å². The number of fused-ring (bicyclic) bond motifs is 1. The summed E-state index contributed by atoms with van der Waals surface area (Å²) in [6, 6.07) is 12.8. The summed E-state index contributed by atoms with van der Waals surface area (Å²) < 4.78 is 46.6. The summed E-state index contributed by atoms with van der Waals surface area (Å²) in [6.45, 7) is 3.32. The largest absolute Gasteiger partial charge is 0.378 e. The van der Waals surface area contributed by atoms with Crippen molar-refractivity contribution in [3.63, 3.8) is 0 Å². The van der Waals surface area contributed by atoms with E-state index < -0.39 is 10.0 Å². The summed E-state index contributed by atoms with van der Waals surface area (Å²) in [5.41, 5.74) is 3.39. The molecule has 32 heavy (non-hydrogen) atoms. The van der Waals surface area contributed by atoms with Crippen molar-refractivity contribution in [3.05, 3.63) is 71.8 Å². The molecule has 1 saturated heterocycles. The van der Waals surface area contributed by atoms with E-state index in [4.69, 9.17) is 4.74 Å². The van der Waals surface area contributed by atoms with Crippen molar-refractivity contribution in [3.8, 4) is 11.1 Å². The van der Waals surface area contributed by atoms with Gasteiger partial charge in [0.25, 0.3) is 0 Å². The number of nitrogens with zero attached hydrogens (tertiary/aromatic N) is 4. The highest BCUT2D eigenvalue weighted by atomic mass is 32.2. The second-order valence-corrected chi connectivity index (χ2v) is 9.80. The van der Waals surface area contributed by atoms with Gasteiger partial charge in [0, 0.05) is 25.8 Å². The fraction of sp³-hybridized carbons (Fsp3) is 0.304. The van der Waals surface area contributed by atoms with Gasteiger partial charge in [0.2, 0.25) is 16.0 Å². The van der Waals surface area contributed by atoms with Gasteiger partial charge in [0.15, 0.2) is 0 Å². The minimum Gasteiger partial charge on any atom is -0.378 e. The predicted octanol–water partition coefficient (Wildman–Crippen LogP) is 2.87. The summed E-state index contributed by atoms with van der Waals surface area (Å²) in [6.07, 6.45) is 2.39. The third-order valence-electron chi connectivity index (χ3n) is 5.86. The average Bonchev–Trinajstić information content (AvgIpc) is 2.84. The quantitative estimate of drug-likeness (QED) is 0.604. The Balaban J connectivity index is 1.36. The zero-order valence-electron chi connectivity index (χ0n) is 17.4. The molecule has 166 valence electrons. The van der Waals surface area contributed by atoms with Gasteiger partial charge in [-0.3, -0.25) is 0 Å². The van der Waals surface area contributed by atoms with Crippen LogP contribution < -0.4 is 4.90 Å². The Morgan fingerprint density at radius 1 is 0.906 bits per heavy atom. The summed E-state index contributed by atoms with van der Waals surface area (Å²) in [4.78, 5) is 11.4. The zero-order chi connectivity index (χ0) is 22.1. The number of halogens is 1. The first-order chi connectivity index (χ1) is 15.5. The zero-order valence-corrected chi connectivity index (χ0v) is 18.3. The topological polar surface area (TPSA) is 75.6 Å². The van der Waals surface area contributed by atoms with Gasteiger partial charge in [-0.15, -0.1) is 0 Å². The van der Waals surface area contributed by atoms with Crippen LogP contribution in [-0.4, -0.2) is 55.5 Å². The first-order valence-corrected chi connectivity index (χ1v) is 12.0. The number of sulfonamides is 1. The lowest BCUT2D eigenvalue weighted by Gasteiger charge is -2.30. The van der Waals surface area contributed by atoms with E-state index in [0.717, 1.165) is 35.5 Å². The van der Waals surface area contributed by atoms with Crippen molar-refractivity contribution in [1.29, 1.82) is 0 Å². The van der Waals surface area contributed by atoms with Crippen LogP contribution in [-0.2, 0) is 27.7 Å². The monoisotopic (exact) mass is 454 g/mol. The van der Waals surface area contributed by atoms with Crippen LogP contribution in [0, 0.1) is 5.82 Å². The number of benzene rings is 2. The van der Waals surface area contributed by atoms with Crippen molar-refractivity contribution in [2.45, 2.75) is 17.9 Å². The molecule has 3 heterocycles. The van der Waals surface area contributed by atoms with Crippen LogP contribution in [0.2, 0.25) is 0 Å². The summed E-state index contributed by atoms with van der Waals surface area (Å²) in [7, 11) is -3.67. The molecule has 2 aliphatic rings. The molecule has 0 radical (unpaired) electrons. The van der Waals surface area contributed by atoms with Crippen LogP contribution in [0.3, 0.4) is 0 Å². The number of morpholine rings is 1.